The average molecular weight is 348 g/mol. The van der Waals surface area contributed by atoms with Gasteiger partial charge in [0.2, 0.25) is 5.91 Å². The molecule has 1 atom stereocenters. The fourth-order valence-electron chi connectivity index (χ4n) is 2.44. The minimum atomic E-state index is -0.663. The Labute approximate surface area is 143 Å². The van der Waals surface area contributed by atoms with Crippen molar-refractivity contribution >= 4 is 45.7 Å². The van der Waals surface area contributed by atoms with Crippen LogP contribution in [0.3, 0.4) is 0 Å². The fourth-order valence-corrected chi connectivity index (χ4v) is 2.74. The Morgan fingerprint density at radius 2 is 1.96 bits per heavy atom. The van der Waals surface area contributed by atoms with Gasteiger partial charge in [0.1, 0.15) is 0 Å². The standard InChI is InChI=1S/C17H15Cl2N3O/c18-13-6-5-11(8-14(13)19)22-17(23)15(20)7-10-9-21-16-4-2-1-3-12(10)16/h1-6,8-9,15,21H,7,20H2,(H,22,23). The van der Waals surface area contributed by atoms with Crippen LogP contribution in [0, 0.1) is 0 Å². The van der Waals surface area contributed by atoms with Gasteiger partial charge in [-0.25, -0.2) is 0 Å². The summed E-state index contributed by atoms with van der Waals surface area (Å²) in [5, 5.41) is 4.65. The van der Waals surface area contributed by atoms with Gasteiger partial charge in [-0.3, -0.25) is 4.79 Å². The van der Waals surface area contributed by atoms with Crippen LogP contribution in [0.5, 0.6) is 0 Å². The van der Waals surface area contributed by atoms with Gasteiger partial charge in [-0.1, -0.05) is 41.4 Å². The first-order valence-electron chi connectivity index (χ1n) is 7.11. The minimum Gasteiger partial charge on any atom is -0.361 e. The van der Waals surface area contributed by atoms with Crippen LogP contribution in [0.2, 0.25) is 10.0 Å². The Morgan fingerprint density at radius 1 is 1.17 bits per heavy atom. The van der Waals surface area contributed by atoms with Crippen LogP contribution < -0.4 is 11.1 Å². The van der Waals surface area contributed by atoms with Crippen molar-refractivity contribution in [2.45, 2.75) is 12.5 Å². The van der Waals surface area contributed by atoms with Crippen LogP contribution in [0.15, 0.2) is 48.7 Å². The maximum atomic E-state index is 12.2. The van der Waals surface area contributed by atoms with Crippen molar-refractivity contribution < 1.29 is 4.79 Å². The van der Waals surface area contributed by atoms with Gasteiger partial charge in [-0.05, 0) is 36.2 Å². The normalized spacial score (nSPS) is 12.3. The number of carbonyl (C=O) groups excluding carboxylic acids is 1. The molecule has 0 aliphatic heterocycles. The molecular formula is C17H15Cl2N3O. The van der Waals surface area contributed by atoms with E-state index in [4.69, 9.17) is 28.9 Å². The summed E-state index contributed by atoms with van der Waals surface area (Å²) in [6, 6.07) is 12.2. The number of H-pyrrole nitrogens is 1. The topological polar surface area (TPSA) is 70.9 Å². The molecule has 3 rings (SSSR count). The number of benzene rings is 2. The van der Waals surface area contributed by atoms with E-state index in [9.17, 15) is 4.79 Å². The number of hydrogen-bond acceptors (Lipinski definition) is 2. The largest absolute Gasteiger partial charge is 0.361 e. The second kappa shape index (κ2) is 6.62. The summed E-state index contributed by atoms with van der Waals surface area (Å²) in [6.07, 6.45) is 2.33. The molecule has 118 valence electrons. The van der Waals surface area contributed by atoms with Crippen LogP contribution in [-0.2, 0) is 11.2 Å². The van der Waals surface area contributed by atoms with Gasteiger partial charge in [0.25, 0.3) is 0 Å². The van der Waals surface area contributed by atoms with E-state index in [0.717, 1.165) is 16.5 Å². The quantitative estimate of drug-likeness (QED) is 0.667. The Bertz CT molecular complexity index is 860. The SMILES string of the molecule is NC(Cc1c[nH]c2ccccc12)C(=O)Nc1ccc(Cl)c(Cl)c1. The second-order valence-corrected chi connectivity index (χ2v) is 6.10. The zero-order valence-corrected chi connectivity index (χ0v) is 13.7. The molecule has 4 N–H and O–H groups in total. The average Bonchev–Trinajstić information content (AvgIpc) is 2.94. The first-order chi connectivity index (χ1) is 11.0. The summed E-state index contributed by atoms with van der Waals surface area (Å²) in [5.41, 5.74) is 8.64. The molecule has 0 aliphatic carbocycles. The Morgan fingerprint density at radius 3 is 2.74 bits per heavy atom. The van der Waals surface area contributed by atoms with E-state index in [2.05, 4.69) is 10.3 Å². The number of amides is 1. The molecular weight excluding hydrogens is 333 g/mol. The molecule has 0 aliphatic rings. The number of nitrogens with one attached hydrogen (secondary N) is 2. The van der Waals surface area contributed by atoms with Crippen LogP contribution in [0.25, 0.3) is 10.9 Å². The van der Waals surface area contributed by atoms with Crippen molar-refractivity contribution in [2.75, 3.05) is 5.32 Å². The fraction of sp³-hybridized carbons (Fsp3) is 0.118. The molecule has 23 heavy (non-hydrogen) atoms. The van der Waals surface area contributed by atoms with Crippen LogP contribution in [0.1, 0.15) is 5.56 Å². The third-order valence-corrected chi connectivity index (χ3v) is 4.38. The molecule has 6 heteroatoms. The summed E-state index contributed by atoms with van der Waals surface area (Å²) in [7, 11) is 0. The first-order valence-corrected chi connectivity index (χ1v) is 7.86. The van der Waals surface area contributed by atoms with E-state index < -0.39 is 6.04 Å². The predicted molar refractivity (Wildman–Crippen MR) is 95.1 cm³/mol. The summed E-state index contributed by atoms with van der Waals surface area (Å²) < 4.78 is 0. The molecule has 1 unspecified atom stereocenters. The highest BCUT2D eigenvalue weighted by Crippen LogP contribution is 2.25. The molecule has 0 bridgehead atoms. The van der Waals surface area contributed by atoms with E-state index >= 15 is 0 Å². The maximum Gasteiger partial charge on any atom is 0.241 e. The Balaban J connectivity index is 1.71. The molecule has 1 aromatic heterocycles. The monoisotopic (exact) mass is 347 g/mol. The number of halogens is 2. The van der Waals surface area contributed by atoms with Gasteiger partial charge in [-0.15, -0.1) is 0 Å². The van der Waals surface area contributed by atoms with Gasteiger partial charge in [0.05, 0.1) is 16.1 Å². The van der Waals surface area contributed by atoms with Crippen molar-refractivity contribution in [3.05, 3.63) is 64.3 Å². The first kappa shape index (κ1) is 15.9. The van der Waals surface area contributed by atoms with E-state index in [1.165, 1.54) is 0 Å². The van der Waals surface area contributed by atoms with Gasteiger partial charge >= 0.3 is 0 Å². The number of nitrogens with two attached hydrogens (primary N) is 1. The molecule has 0 spiro atoms. The molecule has 3 aromatic rings. The minimum absolute atomic E-state index is 0.270. The lowest BCUT2D eigenvalue weighted by atomic mass is 10.0. The van der Waals surface area contributed by atoms with Gasteiger partial charge in [-0.2, -0.15) is 0 Å². The van der Waals surface area contributed by atoms with Gasteiger partial charge in [0.15, 0.2) is 0 Å². The predicted octanol–water partition coefficient (Wildman–Crippen LogP) is 3.98. The van der Waals surface area contributed by atoms with E-state index in [0.29, 0.717) is 22.2 Å². The molecule has 1 amide bonds. The molecule has 2 aromatic carbocycles. The van der Waals surface area contributed by atoms with Crippen LogP contribution in [0.4, 0.5) is 5.69 Å². The maximum absolute atomic E-state index is 12.2. The number of fused-ring (bicyclic) bond motifs is 1. The van der Waals surface area contributed by atoms with Crippen molar-refractivity contribution in [3.63, 3.8) is 0 Å². The highest BCUT2D eigenvalue weighted by Gasteiger charge is 2.16. The van der Waals surface area contributed by atoms with Crippen LogP contribution in [-0.4, -0.2) is 16.9 Å². The van der Waals surface area contributed by atoms with Crippen LogP contribution >= 0.6 is 23.2 Å². The van der Waals surface area contributed by atoms with E-state index in [1.54, 1.807) is 18.2 Å². The molecule has 1 heterocycles. The number of carbonyl (C=O) groups is 1. The number of hydrogen-bond donors (Lipinski definition) is 3. The van der Waals surface area contributed by atoms with Crippen molar-refractivity contribution in [3.8, 4) is 0 Å². The second-order valence-electron chi connectivity index (χ2n) is 5.29. The van der Waals surface area contributed by atoms with Crippen molar-refractivity contribution in [2.24, 2.45) is 5.73 Å². The lowest BCUT2D eigenvalue weighted by molar-refractivity contribution is -0.117. The number of aromatic amines is 1. The van der Waals surface area contributed by atoms with E-state index in [-0.39, 0.29) is 5.91 Å². The zero-order valence-electron chi connectivity index (χ0n) is 12.1. The summed E-state index contributed by atoms with van der Waals surface area (Å²) in [6.45, 7) is 0. The zero-order chi connectivity index (χ0) is 16.4. The Kier molecular flexibility index (Phi) is 4.57. The van der Waals surface area contributed by atoms with E-state index in [1.807, 2.05) is 30.5 Å². The lowest BCUT2D eigenvalue weighted by Crippen LogP contribution is -2.37. The number of aromatic nitrogens is 1. The number of anilines is 1. The molecule has 0 radical (unpaired) electrons. The number of rotatable bonds is 4. The van der Waals surface area contributed by atoms with Crippen molar-refractivity contribution in [1.82, 2.24) is 4.98 Å². The molecule has 0 fully saturated rings. The number of para-hydroxylation sites is 1. The molecule has 4 nitrogen and oxygen atoms in total. The lowest BCUT2D eigenvalue weighted by Gasteiger charge is -2.12. The third kappa shape index (κ3) is 3.50. The summed E-state index contributed by atoms with van der Waals surface area (Å²) in [4.78, 5) is 15.4. The van der Waals surface area contributed by atoms with Crippen molar-refractivity contribution in [1.29, 1.82) is 0 Å². The summed E-state index contributed by atoms with van der Waals surface area (Å²) in [5.74, 6) is -0.270. The Hall–Kier alpha value is -2.01. The third-order valence-electron chi connectivity index (χ3n) is 3.64. The smallest absolute Gasteiger partial charge is 0.241 e. The molecule has 0 saturated heterocycles. The summed E-state index contributed by atoms with van der Waals surface area (Å²) >= 11 is 11.8. The van der Waals surface area contributed by atoms with Gasteiger partial charge in [0, 0.05) is 22.8 Å². The molecule has 0 saturated carbocycles. The van der Waals surface area contributed by atoms with Gasteiger partial charge < -0.3 is 16.0 Å². The highest BCUT2D eigenvalue weighted by atomic mass is 35.5. The highest BCUT2D eigenvalue weighted by molar-refractivity contribution is 6.42.